The van der Waals surface area contributed by atoms with Crippen LogP contribution in [0.3, 0.4) is 0 Å². The quantitative estimate of drug-likeness (QED) is 0.724. The third-order valence-electron chi connectivity index (χ3n) is 2.43. The molecule has 1 N–H and O–H groups in total. The standard InChI is InChI=1S/C11H23NO3/c1-4-15-11(2,3)8-12-7-10-5-6-13-9-14-10/h10,12H,4-9H2,1-3H3. The van der Waals surface area contributed by atoms with Crippen LogP contribution in [0.15, 0.2) is 0 Å². The summed E-state index contributed by atoms with van der Waals surface area (Å²) in [6.07, 6.45) is 1.26. The normalized spacial score (nSPS) is 23.0. The second-order valence-corrected chi connectivity index (χ2v) is 4.43. The summed E-state index contributed by atoms with van der Waals surface area (Å²) in [6, 6.07) is 0. The molecular weight excluding hydrogens is 194 g/mol. The van der Waals surface area contributed by atoms with Crippen LogP contribution < -0.4 is 5.32 Å². The molecule has 15 heavy (non-hydrogen) atoms. The van der Waals surface area contributed by atoms with Gasteiger partial charge in [-0.25, -0.2) is 0 Å². The van der Waals surface area contributed by atoms with Gasteiger partial charge >= 0.3 is 0 Å². The molecule has 0 aromatic carbocycles. The minimum absolute atomic E-state index is 0.0973. The molecule has 1 rings (SSSR count). The van der Waals surface area contributed by atoms with Gasteiger partial charge in [-0.1, -0.05) is 0 Å². The van der Waals surface area contributed by atoms with Crippen LogP contribution in [0.2, 0.25) is 0 Å². The van der Waals surface area contributed by atoms with Crippen LogP contribution in [0, 0.1) is 0 Å². The van der Waals surface area contributed by atoms with E-state index in [0.29, 0.717) is 6.79 Å². The number of hydrogen-bond donors (Lipinski definition) is 1. The second-order valence-electron chi connectivity index (χ2n) is 4.43. The molecule has 4 nitrogen and oxygen atoms in total. The first kappa shape index (κ1) is 12.9. The van der Waals surface area contributed by atoms with Gasteiger partial charge in [0.2, 0.25) is 0 Å². The van der Waals surface area contributed by atoms with Gasteiger partial charge in [0.25, 0.3) is 0 Å². The lowest BCUT2D eigenvalue weighted by molar-refractivity contribution is -0.137. The maximum Gasteiger partial charge on any atom is 0.147 e. The van der Waals surface area contributed by atoms with Gasteiger partial charge in [0, 0.05) is 19.7 Å². The molecule has 0 radical (unpaired) electrons. The summed E-state index contributed by atoms with van der Waals surface area (Å²) < 4.78 is 16.1. The van der Waals surface area contributed by atoms with Crippen LogP contribution in [0.5, 0.6) is 0 Å². The van der Waals surface area contributed by atoms with Gasteiger partial charge in [-0.2, -0.15) is 0 Å². The van der Waals surface area contributed by atoms with Crippen LogP contribution in [0.25, 0.3) is 0 Å². The Bertz CT molecular complexity index is 167. The van der Waals surface area contributed by atoms with E-state index in [1.807, 2.05) is 6.92 Å². The van der Waals surface area contributed by atoms with Crippen LogP contribution in [-0.4, -0.2) is 44.8 Å². The lowest BCUT2D eigenvalue weighted by Gasteiger charge is -2.28. The monoisotopic (exact) mass is 217 g/mol. The van der Waals surface area contributed by atoms with Gasteiger partial charge in [-0.3, -0.25) is 0 Å². The summed E-state index contributed by atoms with van der Waals surface area (Å²) >= 11 is 0. The Labute approximate surface area is 92.3 Å². The lowest BCUT2D eigenvalue weighted by Crippen LogP contribution is -2.42. The van der Waals surface area contributed by atoms with Crippen molar-refractivity contribution in [3.63, 3.8) is 0 Å². The van der Waals surface area contributed by atoms with E-state index in [9.17, 15) is 0 Å². The highest BCUT2D eigenvalue weighted by Crippen LogP contribution is 2.08. The molecule has 1 aliphatic rings. The van der Waals surface area contributed by atoms with E-state index in [4.69, 9.17) is 14.2 Å². The predicted octanol–water partition coefficient (Wildman–Crippen LogP) is 1.15. The van der Waals surface area contributed by atoms with E-state index in [0.717, 1.165) is 32.7 Å². The summed E-state index contributed by atoms with van der Waals surface area (Å²) in [5.74, 6) is 0. The Balaban J connectivity index is 2.09. The molecule has 90 valence electrons. The summed E-state index contributed by atoms with van der Waals surface area (Å²) in [4.78, 5) is 0. The Morgan fingerprint density at radius 1 is 1.47 bits per heavy atom. The van der Waals surface area contributed by atoms with Crippen molar-refractivity contribution in [3.05, 3.63) is 0 Å². The average molecular weight is 217 g/mol. The molecule has 0 spiro atoms. The SMILES string of the molecule is CCOC(C)(C)CNCC1CCOCO1. The molecule has 0 aromatic rings. The fraction of sp³-hybridized carbons (Fsp3) is 1.00. The average Bonchev–Trinajstić information content (AvgIpc) is 2.19. The molecule has 4 heteroatoms. The van der Waals surface area contributed by atoms with Crippen LogP contribution >= 0.6 is 0 Å². The van der Waals surface area contributed by atoms with Gasteiger partial charge in [0.05, 0.1) is 18.3 Å². The first-order chi connectivity index (χ1) is 7.14. The molecule has 1 heterocycles. The fourth-order valence-electron chi connectivity index (χ4n) is 1.64. The third kappa shape index (κ3) is 5.47. The van der Waals surface area contributed by atoms with E-state index >= 15 is 0 Å². The van der Waals surface area contributed by atoms with Crippen molar-refractivity contribution in [2.75, 3.05) is 33.1 Å². The van der Waals surface area contributed by atoms with Gasteiger partial charge in [-0.05, 0) is 27.2 Å². The van der Waals surface area contributed by atoms with Gasteiger partial charge in [0.1, 0.15) is 6.79 Å². The van der Waals surface area contributed by atoms with E-state index < -0.39 is 0 Å². The molecule has 1 aliphatic heterocycles. The van der Waals surface area contributed by atoms with E-state index in [1.165, 1.54) is 0 Å². The number of nitrogens with one attached hydrogen (secondary N) is 1. The fourth-order valence-corrected chi connectivity index (χ4v) is 1.64. The van der Waals surface area contributed by atoms with Crippen molar-refractivity contribution in [1.82, 2.24) is 5.32 Å². The van der Waals surface area contributed by atoms with Crippen LogP contribution in [-0.2, 0) is 14.2 Å². The topological polar surface area (TPSA) is 39.7 Å². The van der Waals surface area contributed by atoms with Crippen molar-refractivity contribution in [2.24, 2.45) is 0 Å². The molecule has 0 aliphatic carbocycles. The highest BCUT2D eigenvalue weighted by atomic mass is 16.7. The highest BCUT2D eigenvalue weighted by molar-refractivity contribution is 4.73. The zero-order valence-corrected chi connectivity index (χ0v) is 10.0. The molecule has 0 bridgehead atoms. The summed E-state index contributed by atoms with van der Waals surface area (Å²) in [5, 5.41) is 3.37. The number of hydrogen-bond acceptors (Lipinski definition) is 4. The number of ether oxygens (including phenoxy) is 3. The molecule has 0 amide bonds. The summed E-state index contributed by atoms with van der Waals surface area (Å²) in [7, 11) is 0. The predicted molar refractivity (Wildman–Crippen MR) is 58.9 cm³/mol. The third-order valence-corrected chi connectivity index (χ3v) is 2.43. The van der Waals surface area contributed by atoms with Crippen molar-refractivity contribution < 1.29 is 14.2 Å². The summed E-state index contributed by atoms with van der Waals surface area (Å²) in [6.45, 7) is 9.91. The molecule has 1 atom stereocenters. The molecular formula is C11H23NO3. The maximum atomic E-state index is 5.59. The largest absolute Gasteiger partial charge is 0.375 e. The second kappa shape index (κ2) is 6.43. The van der Waals surface area contributed by atoms with E-state index in [2.05, 4.69) is 19.2 Å². The summed E-state index contributed by atoms with van der Waals surface area (Å²) in [5.41, 5.74) is -0.0973. The van der Waals surface area contributed by atoms with Crippen LogP contribution in [0.4, 0.5) is 0 Å². The van der Waals surface area contributed by atoms with Crippen LogP contribution in [0.1, 0.15) is 27.2 Å². The zero-order valence-electron chi connectivity index (χ0n) is 10.0. The Morgan fingerprint density at radius 2 is 2.27 bits per heavy atom. The Morgan fingerprint density at radius 3 is 2.87 bits per heavy atom. The molecule has 1 saturated heterocycles. The highest BCUT2D eigenvalue weighted by Gasteiger charge is 2.19. The lowest BCUT2D eigenvalue weighted by atomic mass is 10.1. The molecule has 0 saturated carbocycles. The molecule has 0 aromatic heterocycles. The first-order valence-corrected chi connectivity index (χ1v) is 5.68. The van der Waals surface area contributed by atoms with Crippen molar-refractivity contribution in [3.8, 4) is 0 Å². The molecule has 1 unspecified atom stereocenters. The Kier molecular flexibility index (Phi) is 5.53. The minimum Gasteiger partial charge on any atom is -0.375 e. The smallest absolute Gasteiger partial charge is 0.147 e. The van der Waals surface area contributed by atoms with Gasteiger partial charge < -0.3 is 19.5 Å². The van der Waals surface area contributed by atoms with E-state index in [-0.39, 0.29) is 11.7 Å². The zero-order chi connectivity index (χ0) is 11.1. The Hall–Kier alpha value is -0.160. The number of rotatable bonds is 6. The van der Waals surface area contributed by atoms with Gasteiger partial charge in [0.15, 0.2) is 0 Å². The maximum absolute atomic E-state index is 5.59. The first-order valence-electron chi connectivity index (χ1n) is 5.68. The van der Waals surface area contributed by atoms with Crippen molar-refractivity contribution in [2.45, 2.75) is 38.9 Å². The van der Waals surface area contributed by atoms with Crippen molar-refractivity contribution in [1.29, 1.82) is 0 Å². The van der Waals surface area contributed by atoms with Crippen molar-refractivity contribution >= 4 is 0 Å². The van der Waals surface area contributed by atoms with Gasteiger partial charge in [-0.15, -0.1) is 0 Å². The minimum atomic E-state index is -0.0973. The van der Waals surface area contributed by atoms with E-state index in [1.54, 1.807) is 0 Å². The molecule has 1 fully saturated rings.